The van der Waals surface area contributed by atoms with Gasteiger partial charge in [-0.25, -0.2) is 4.98 Å². The molecule has 18 heavy (non-hydrogen) atoms. The van der Waals surface area contributed by atoms with E-state index in [9.17, 15) is 0 Å². The predicted octanol–water partition coefficient (Wildman–Crippen LogP) is 2.72. The molecule has 1 aliphatic rings. The first-order valence-corrected chi connectivity index (χ1v) is 8.08. The van der Waals surface area contributed by atoms with Gasteiger partial charge >= 0.3 is 0 Å². The standard InChI is InChI=1S/C14H25N3S/c1-2-13-10-17-14(18-13)11-15-8-5-7-12-6-3-4-9-16-12/h10,12,15-16H,2-9,11H2,1H3. The third-order valence-electron chi connectivity index (χ3n) is 3.54. The summed E-state index contributed by atoms with van der Waals surface area (Å²) in [6.07, 6.45) is 9.82. The lowest BCUT2D eigenvalue weighted by Gasteiger charge is -2.23. The van der Waals surface area contributed by atoms with Gasteiger partial charge in [0, 0.05) is 23.7 Å². The van der Waals surface area contributed by atoms with Gasteiger partial charge in [0.25, 0.3) is 0 Å². The van der Waals surface area contributed by atoms with Crippen molar-refractivity contribution in [3.05, 3.63) is 16.1 Å². The number of hydrogen-bond acceptors (Lipinski definition) is 4. The van der Waals surface area contributed by atoms with E-state index in [1.807, 2.05) is 17.5 Å². The van der Waals surface area contributed by atoms with E-state index in [2.05, 4.69) is 22.5 Å². The van der Waals surface area contributed by atoms with Crippen LogP contribution < -0.4 is 10.6 Å². The summed E-state index contributed by atoms with van der Waals surface area (Å²) in [5.74, 6) is 0. The lowest BCUT2D eigenvalue weighted by atomic mass is 10.0. The molecule has 0 spiro atoms. The first-order chi connectivity index (χ1) is 8.88. The average molecular weight is 267 g/mol. The molecule has 1 aromatic heterocycles. The molecule has 1 saturated heterocycles. The van der Waals surface area contributed by atoms with Gasteiger partial charge in [0.15, 0.2) is 0 Å². The Balaban J connectivity index is 1.52. The molecule has 102 valence electrons. The van der Waals surface area contributed by atoms with Crippen LogP contribution in [-0.2, 0) is 13.0 Å². The van der Waals surface area contributed by atoms with Gasteiger partial charge in [0.05, 0.1) is 0 Å². The van der Waals surface area contributed by atoms with Crippen LogP contribution in [0.5, 0.6) is 0 Å². The van der Waals surface area contributed by atoms with E-state index in [1.165, 1.54) is 48.5 Å². The monoisotopic (exact) mass is 267 g/mol. The van der Waals surface area contributed by atoms with Crippen molar-refractivity contribution in [1.82, 2.24) is 15.6 Å². The van der Waals surface area contributed by atoms with Crippen molar-refractivity contribution in [2.45, 2.75) is 58.0 Å². The molecule has 1 unspecified atom stereocenters. The minimum absolute atomic E-state index is 0.770. The van der Waals surface area contributed by atoms with Gasteiger partial charge in [0.2, 0.25) is 0 Å². The fraction of sp³-hybridized carbons (Fsp3) is 0.786. The van der Waals surface area contributed by atoms with Crippen LogP contribution in [-0.4, -0.2) is 24.1 Å². The van der Waals surface area contributed by atoms with E-state index in [0.29, 0.717) is 0 Å². The number of hydrogen-bond donors (Lipinski definition) is 2. The molecule has 3 nitrogen and oxygen atoms in total. The van der Waals surface area contributed by atoms with E-state index in [1.54, 1.807) is 0 Å². The molecule has 1 fully saturated rings. The van der Waals surface area contributed by atoms with Crippen molar-refractivity contribution in [2.24, 2.45) is 0 Å². The highest BCUT2D eigenvalue weighted by atomic mass is 32.1. The van der Waals surface area contributed by atoms with Gasteiger partial charge in [-0.3, -0.25) is 0 Å². The van der Waals surface area contributed by atoms with Gasteiger partial charge in [-0.1, -0.05) is 13.3 Å². The number of piperidine rings is 1. The van der Waals surface area contributed by atoms with Gasteiger partial charge in [-0.15, -0.1) is 11.3 Å². The second-order valence-corrected chi connectivity index (χ2v) is 6.24. The Labute approximate surface area is 114 Å². The first-order valence-electron chi connectivity index (χ1n) is 7.26. The van der Waals surface area contributed by atoms with Crippen molar-refractivity contribution < 1.29 is 0 Å². The van der Waals surface area contributed by atoms with Crippen LogP contribution in [0.4, 0.5) is 0 Å². The van der Waals surface area contributed by atoms with Crippen LogP contribution in [0.2, 0.25) is 0 Å². The molecule has 2 heterocycles. The van der Waals surface area contributed by atoms with Crippen molar-refractivity contribution in [1.29, 1.82) is 0 Å². The number of rotatable bonds is 7. The predicted molar refractivity (Wildman–Crippen MR) is 78.1 cm³/mol. The van der Waals surface area contributed by atoms with E-state index < -0.39 is 0 Å². The molecule has 0 radical (unpaired) electrons. The van der Waals surface area contributed by atoms with Crippen molar-refractivity contribution in [2.75, 3.05) is 13.1 Å². The number of aromatic nitrogens is 1. The number of nitrogens with one attached hydrogen (secondary N) is 2. The Morgan fingerprint density at radius 3 is 3.17 bits per heavy atom. The molecule has 0 aliphatic carbocycles. The summed E-state index contributed by atoms with van der Waals surface area (Å²) in [6, 6.07) is 0.770. The van der Waals surface area contributed by atoms with Crippen LogP contribution in [0.1, 0.15) is 48.9 Å². The topological polar surface area (TPSA) is 37.0 Å². The Kier molecular flexibility index (Phi) is 6.11. The molecule has 0 amide bonds. The highest BCUT2D eigenvalue weighted by molar-refractivity contribution is 7.11. The zero-order chi connectivity index (χ0) is 12.6. The maximum absolute atomic E-state index is 4.42. The second-order valence-electron chi connectivity index (χ2n) is 5.04. The van der Waals surface area contributed by atoms with Gasteiger partial charge in [0.1, 0.15) is 5.01 Å². The highest BCUT2D eigenvalue weighted by Gasteiger charge is 2.11. The fourth-order valence-electron chi connectivity index (χ4n) is 2.43. The van der Waals surface area contributed by atoms with E-state index >= 15 is 0 Å². The summed E-state index contributed by atoms with van der Waals surface area (Å²) in [6.45, 7) is 5.45. The summed E-state index contributed by atoms with van der Waals surface area (Å²) in [5.41, 5.74) is 0. The lowest BCUT2D eigenvalue weighted by molar-refractivity contribution is 0.373. The Morgan fingerprint density at radius 2 is 2.44 bits per heavy atom. The van der Waals surface area contributed by atoms with Crippen molar-refractivity contribution in [3.63, 3.8) is 0 Å². The van der Waals surface area contributed by atoms with Crippen LogP contribution in [0, 0.1) is 0 Å². The third kappa shape index (κ3) is 4.67. The fourth-order valence-corrected chi connectivity index (χ4v) is 3.26. The van der Waals surface area contributed by atoms with Crippen LogP contribution >= 0.6 is 11.3 Å². The molecular formula is C14H25N3S. The Hall–Kier alpha value is -0.450. The molecule has 4 heteroatoms. The zero-order valence-electron chi connectivity index (χ0n) is 11.4. The van der Waals surface area contributed by atoms with Crippen LogP contribution in [0.3, 0.4) is 0 Å². The smallest absolute Gasteiger partial charge is 0.107 e. The molecule has 0 aromatic carbocycles. The third-order valence-corrected chi connectivity index (χ3v) is 4.69. The van der Waals surface area contributed by atoms with Crippen molar-refractivity contribution in [3.8, 4) is 0 Å². The largest absolute Gasteiger partial charge is 0.314 e. The van der Waals surface area contributed by atoms with E-state index in [-0.39, 0.29) is 0 Å². The quantitative estimate of drug-likeness (QED) is 0.746. The normalized spacial score (nSPS) is 20.2. The maximum atomic E-state index is 4.42. The number of nitrogens with zero attached hydrogens (tertiary/aromatic N) is 1. The average Bonchev–Trinajstić information content (AvgIpc) is 2.87. The van der Waals surface area contributed by atoms with Gasteiger partial charge < -0.3 is 10.6 Å². The molecular weight excluding hydrogens is 242 g/mol. The summed E-state index contributed by atoms with van der Waals surface area (Å²) < 4.78 is 0. The highest BCUT2D eigenvalue weighted by Crippen LogP contribution is 2.13. The second kappa shape index (κ2) is 7.87. The Bertz CT molecular complexity index is 332. The molecule has 0 saturated carbocycles. The molecule has 1 aliphatic heterocycles. The summed E-state index contributed by atoms with van der Waals surface area (Å²) >= 11 is 1.83. The number of thiazole rings is 1. The first kappa shape index (κ1) is 14.0. The SMILES string of the molecule is CCc1cnc(CNCCCC2CCCCN2)s1. The Morgan fingerprint density at radius 1 is 1.50 bits per heavy atom. The van der Waals surface area contributed by atoms with Crippen LogP contribution in [0.25, 0.3) is 0 Å². The summed E-state index contributed by atoms with van der Waals surface area (Å²) in [4.78, 5) is 5.81. The van der Waals surface area contributed by atoms with Crippen LogP contribution in [0.15, 0.2) is 6.20 Å². The van der Waals surface area contributed by atoms with E-state index in [0.717, 1.165) is 25.6 Å². The van der Waals surface area contributed by atoms with Crippen molar-refractivity contribution >= 4 is 11.3 Å². The summed E-state index contributed by atoms with van der Waals surface area (Å²) in [5, 5.41) is 8.32. The molecule has 1 atom stereocenters. The molecule has 2 rings (SSSR count). The maximum Gasteiger partial charge on any atom is 0.107 e. The van der Waals surface area contributed by atoms with Gasteiger partial charge in [-0.2, -0.15) is 0 Å². The lowest BCUT2D eigenvalue weighted by Crippen LogP contribution is -2.34. The molecule has 1 aromatic rings. The minimum Gasteiger partial charge on any atom is -0.314 e. The van der Waals surface area contributed by atoms with E-state index in [4.69, 9.17) is 0 Å². The molecule has 2 N–H and O–H groups in total. The molecule has 0 bridgehead atoms. The minimum atomic E-state index is 0.770. The zero-order valence-corrected chi connectivity index (χ0v) is 12.2. The van der Waals surface area contributed by atoms with Gasteiger partial charge in [-0.05, 0) is 45.2 Å². The summed E-state index contributed by atoms with van der Waals surface area (Å²) in [7, 11) is 0. The number of aryl methyl sites for hydroxylation is 1.